The third-order valence-electron chi connectivity index (χ3n) is 1.54. The Morgan fingerprint density at radius 1 is 1.07 bits per heavy atom. The fraction of sp³-hybridized carbons (Fsp3) is 0.222. The van der Waals surface area contributed by atoms with E-state index in [4.69, 9.17) is 0 Å². The summed E-state index contributed by atoms with van der Waals surface area (Å²) in [4.78, 5) is 26.7. The second-order valence-corrected chi connectivity index (χ2v) is 5.66. The monoisotopic (exact) mass is 323 g/mol. The molecule has 0 amide bonds. The van der Waals surface area contributed by atoms with Crippen molar-refractivity contribution in [2.24, 2.45) is 0 Å². The van der Waals surface area contributed by atoms with Gasteiger partial charge in [0.05, 0.1) is 0 Å². The molecule has 0 atom stereocenters. The number of nitrogens with zero attached hydrogens (tertiary/aromatic N) is 1. The van der Waals surface area contributed by atoms with Gasteiger partial charge in [0.15, 0.2) is 0 Å². The molecule has 1 aromatic rings. The van der Waals surface area contributed by atoms with Crippen LogP contribution in [0, 0.1) is 0 Å². The normalized spacial score (nSPS) is 9.86. The molecule has 14 heavy (non-hydrogen) atoms. The second-order valence-electron chi connectivity index (χ2n) is 2.39. The van der Waals surface area contributed by atoms with Gasteiger partial charge < -0.3 is 0 Å². The zero-order chi connectivity index (χ0) is 10.6. The van der Waals surface area contributed by atoms with Crippen molar-refractivity contribution < 1.29 is 9.59 Å². The Morgan fingerprint density at radius 2 is 1.50 bits per heavy atom. The van der Waals surface area contributed by atoms with E-state index in [0.717, 1.165) is 0 Å². The van der Waals surface area contributed by atoms with Crippen molar-refractivity contribution in [3.63, 3.8) is 0 Å². The van der Waals surface area contributed by atoms with Crippen LogP contribution >= 0.6 is 0 Å². The van der Waals surface area contributed by atoms with Gasteiger partial charge in [0.2, 0.25) is 0 Å². The summed E-state index contributed by atoms with van der Waals surface area (Å²) in [7, 11) is 0. The Hall–Kier alpha value is -0.471. The molecule has 0 unspecified atom stereocenters. The molecule has 0 spiro atoms. The van der Waals surface area contributed by atoms with Gasteiger partial charge in [0.1, 0.15) is 0 Å². The molecule has 0 radical (unpaired) electrons. The van der Waals surface area contributed by atoms with Gasteiger partial charge in [-0.3, -0.25) is 0 Å². The van der Waals surface area contributed by atoms with Crippen LogP contribution in [0.25, 0.3) is 0 Å². The molecule has 5 heteroatoms. The van der Waals surface area contributed by atoms with E-state index >= 15 is 0 Å². The zero-order valence-corrected chi connectivity index (χ0v) is 11.2. The average molecular weight is 321 g/mol. The molecular weight excluding hydrogens is 312 g/mol. The van der Waals surface area contributed by atoms with Crippen molar-refractivity contribution in [3.05, 3.63) is 29.6 Å². The first-order chi connectivity index (χ1) is 6.69. The summed E-state index contributed by atoms with van der Waals surface area (Å²) in [5.74, 6) is 3.69. The van der Waals surface area contributed by atoms with E-state index in [1.807, 2.05) is 11.6 Å². The van der Waals surface area contributed by atoms with Crippen LogP contribution in [-0.4, -0.2) is 44.3 Å². The van der Waals surface area contributed by atoms with Crippen LogP contribution in [0.4, 0.5) is 0 Å². The third-order valence-corrected chi connectivity index (χ3v) is 3.97. The standard InChI is InChI=1S/C9H9NO2Se2/c1-13-8(11)6-4-3-5-7(10-6)9(12)14-2/h3-5H,1-2H3. The fourth-order valence-corrected chi connectivity index (χ4v) is 2.23. The molecule has 0 bridgehead atoms. The summed E-state index contributed by atoms with van der Waals surface area (Å²) in [5, 5.41) is 0. The molecule has 1 rings (SSSR count). The molecule has 0 fully saturated rings. The predicted molar refractivity (Wildman–Crippen MR) is 56.1 cm³/mol. The molecule has 3 nitrogen and oxygen atoms in total. The van der Waals surface area contributed by atoms with Crippen molar-refractivity contribution >= 4 is 39.3 Å². The van der Waals surface area contributed by atoms with E-state index in [-0.39, 0.29) is 39.3 Å². The molecule has 0 saturated heterocycles. The second kappa shape index (κ2) is 5.42. The topological polar surface area (TPSA) is 47.0 Å². The summed E-state index contributed by atoms with van der Waals surface area (Å²) < 4.78 is 0.0755. The predicted octanol–water partition coefficient (Wildman–Crippen LogP) is 0.867. The van der Waals surface area contributed by atoms with Crippen molar-refractivity contribution in [2.45, 2.75) is 11.6 Å². The van der Waals surface area contributed by atoms with Crippen LogP contribution < -0.4 is 0 Å². The molecule has 1 aromatic heterocycles. The van der Waals surface area contributed by atoms with Crippen LogP contribution in [0.3, 0.4) is 0 Å². The molecule has 0 saturated carbocycles. The van der Waals surface area contributed by atoms with Gasteiger partial charge in [-0.2, -0.15) is 0 Å². The van der Waals surface area contributed by atoms with Gasteiger partial charge in [-0.25, -0.2) is 0 Å². The van der Waals surface area contributed by atoms with Crippen molar-refractivity contribution in [1.82, 2.24) is 4.98 Å². The Kier molecular flexibility index (Phi) is 4.49. The molecule has 74 valence electrons. The van der Waals surface area contributed by atoms with Gasteiger partial charge in [-0.15, -0.1) is 0 Å². The summed E-state index contributed by atoms with van der Waals surface area (Å²) in [5.41, 5.74) is 0.838. The van der Waals surface area contributed by atoms with Crippen LogP contribution in [0.15, 0.2) is 18.2 Å². The first-order valence-electron chi connectivity index (χ1n) is 3.82. The average Bonchev–Trinajstić information content (AvgIpc) is 2.27. The molecule has 0 N–H and O–H groups in total. The van der Waals surface area contributed by atoms with Gasteiger partial charge in [-0.1, -0.05) is 0 Å². The number of carbonyl (C=O) groups excluding carboxylic acids is 2. The molecule has 1 heterocycles. The van der Waals surface area contributed by atoms with E-state index in [1.54, 1.807) is 18.2 Å². The number of rotatable bonds is 4. The maximum atomic E-state index is 11.3. The van der Waals surface area contributed by atoms with Crippen LogP contribution in [0.5, 0.6) is 0 Å². The fourth-order valence-electron chi connectivity index (χ4n) is 0.871. The van der Waals surface area contributed by atoms with Crippen molar-refractivity contribution in [2.75, 3.05) is 0 Å². The van der Waals surface area contributed by atoms with Gasteiger partial charge in [-0.05, 0) is 0 Å². The zero-order valence-electron chi connectivity index (χ0n) is 7.81. The molecule has 0 aliphatic heterocycles. The number of hydrogen-bond acceptors (Lipinski definition) is 3. The third kappa shape index (κ3) is 2.76. The summed E-state index contributed by atoms with van der Waals surface area (Å²) >= 11 is -0.182. The van der Waals surface area contributed by atoms with E-state index in [1.165, 1.54) is 0 Å². The number of pyridine rings is 1. The SMILES string of the molecule is C[Se]C(=O)c1cccc(C(=O)[Se]C)n1. The Morgan fingerprint density at radius 3 is 1.86 bits per heavy atom. The number of hydrogen-bond donors (Lipinski definition) is 0. The Balaban J connectivity index is 3.01. The van der Waals surface area contributed by atoms with Gasteiger partial charge >= 0.3 is 95.1 Å². The maximum absolute atomic E-state index is 11.3. The first-order valence-corrected chi connectivity index (χ1v) is 8.96. The minimum absolute atomic E-state index is 0.0377. The van der Waals surface area contributed by atoms with E-state index in [2.05, 4.69) is 4.98 Å². The number of aromatic nitrogens is 1. The Labute approximate surface area is 95.0 Å². The first kappa shape index (κ1) is 11.6. The molecule has 0 aliphatic rings. The summed E-state index contributed by atoms with van der Waals surface area (Å²) in [6.07, 6.45) is 0. The van der Waals surface area contributed by atoms with Crippen molar-refractivity contribution in [3.8, 4) is 0 Å². The van der Waals surface area contributed by atoms with E-state index in [0.29, 0.717) is 11.4 Å². The molecular formula is C9H9NO2Se2. The van der Waals surface area contributed by atoms with Gasteiger partial charge in [0.25, 0.3) is 0 Å². The number of carbonyl (C=O) groups is 2. The minimum atomic E-state index is -0.0912. The van der Waals surface area contributed by atoms with Crippen LogP contribution in [0.1, 0.15) is 21.0 Å². The molecule has 0 aromatic carbocycles. The van der Waals surface area contributed by atoms with Crippen LogP contribution in [0.2, 0.25) is 11.6 Å². The Bertz CT molecular complexity index is 334. The van der Waals surface area contributed by atoms with Crippen molar-refractivity contribution in [1.29, 1.82) is 0 Å². The summed E-state index contributed by atoms with van der Waals surface area (Å²) in [6.45, 7) is 0. The van der Waals surface area contributed by atoms with Crippen LogP contribution in [-0.2, 0) is 0 Å². The van der Waals surface area contributed by atoms with E-state index in [9.17, 15) is 9.59 Å². The van der Waals surface area contributed by atoms with Gasteiger partial charge in [0, 0.05) is 0 Å². The molecule has 0 aliphatic carbocycles. The van der Waals surface area contributed by atoms with E-state index < -0.39 is 0 Å². The summed E-state index contributed by atoms with van der Waals surface area (Å²) in [6, 6.07) is 5.03. The quantitative estimate of drug-likeness (QED) is 0.773.